The number of hydrogen-bond acceptors (Lipinski definition) is 13. The van der Waals surface area contributed by atoms with Crippen LogP contribution in [-0.2, 0) is 38.8 Å². The van der Waals surface area contributed by atoms with Crippen LogP contribution in [0.2, 0.25) is 0 Å². The molecule has 3 fully saturated rings. The quantitative estimate of drug-likeness (QED) is 0.0487. The van der Waals surface area contributed by atoms with Gasteiger partial charge in [-0.05, 0) is 122 Å². The maximum absolute atomic E-state index is 14.0. The van der Waals surface area contributed by atoms with E-state index in [-0.39, 0.29) is 47.9 Å². The number of ether oxygens (including phenoxy) is 3. The first kappa shape index (κ1) is 60.7. The lowest BCUT2D eigenvalue weighted by Gasteiger charge is -2.39. The van der Waals surface area contributed by atoms with Crippen LogP contribution in [0, 0.1) is 0 Å². The molecule has 0 spiro atoms. The summed E-state index contributed by atoms with van der Waals surface area (Å²) in [6.07, 6.45) is -15.3. The number of nitrogens with zero attached hydrogens (tertiary/aromatic N) is 2. The molecule has 4 aromatic carbocycles. The van der Waals surface area contributed by atoms with Crippen molar-refractivity contribution < 1.29 is 85.8 Å². The second-order valence-corrected chi connectivity index (χ2v) is 22.2. The molecule has 0 saturated carbocycles. The third-order valence-corrected chi connectivity index (χ3v) is 18.4. The Morgan fingerprint density at radius 2 is 0.973 bits per heavy atom. The summed E-state index contributed by atoms with van der Waals surface area (Å²) in [5.41, 5.74) is 5.94. The number of alkyl halides is 8. The molecule has 2 amide bonds. The summed E-state index contributed by atoms with van der Waals surface area (Å²) < 4.78 is 167. The van der Waals surface area contributed by atoms with Gasteiger partial charge in [-0.1, -0.05) is 62.4 Å². The second kappa shape index (κ2) is 25.3. The zero-order valence-electron chi connectivity index (χ0n) is 40.5. The van der Waals surface area contributed by atoms with E-state index in [1.165, 1.54) is 78.3 Å². The Hall–Kier alpha value is -5.15. The predicted octanol–water partition coefficient (Wildman–Crippen LogP) is 8.94. The van der Waals surface area contributed by atoms with Crippen LogP contribution < -0.4 is 20.4 Å². The average molecular weight is 1130 g/mol. The Morgan fingerprint density at radius 3 is 1.28 bits per heavy atom. The molecular weight excluding hydrogens is 1070 g/mol. The van der Waals surface area contributed by atoms with E-state index < -0.39 is 83.8 Å². The summed E-state index contributed by atoms with van der Waals surface area (Å²) in [6.45, 7) is 7.40. The second-order valence-electron chi connectivity index (χ2n) is 17.7. The highest BCUT2D eigenvalue weighted by Crippen LogP contribution is 2.39. The molecule has 75 heavy (non-hydrogen) atoms. The summed E-state index contributed by atoms with van der Waals surface area (Å²) in [7, 11) is -8.35. The monoisotopic (exact) mass is 1130 g/mol. The molecule has 3 aliphatic heterocycles. The molecule has 0 aliphatic carbocycles. The summed E-state index contributed by atoms with van der Waals surface area (Å²) in [5, 5.41) is 9.23. The molecule has 0 bridgehead atoms. The van der Waals surface area contributed by atoms with Gasteiger partial charge in [0.2, 0.25) is 0 Å². The minimum Gasteiger partial charge on any atom is -0.428 e. The normalized spacial score (nSPS) is 18.5. The lowest BCUT2D eigenvalue weighted by atomic mass is 9.95. The first-order chi connectivity index (χ1) is 34.9. The number of piperidine rings is 2. The van der Waals surface area contributed by atoms with E-state index in [9.17, 15) is 66.8 Å². The molecule has 0 radical (unpaired) electrons. The van der Waals surface area contributed by atoms with Crippen LogP contribution in [0.5, 0.6) is 11.5 Å². The van der Waals surface area contributed by atoms with Gasteiger partial charge in [0.1, 0.15) is 11.5 Å². The molecule has 4 aromatic rings. The third kappa shape index (κ3) is 13.7. The molecule has 3 N–H and O–H groups in total. The zero-order valence-corrected chi connectivity index (χ0v) is 43.0. The van der Waals surface area contributed by atoms with Gasteiger partial charge in [0, 0.05) is 39.2 Å². The lowest BCUT2D eigenvalue weighted by molar-refractivity contribution is -0.253. The van der Waals surface area contributed by atoms with Crippen molar-refractivity contribution >= 4 is 43.9 Å². The fourth-order valence-electron chi connectivity index (χ4n) is 8.75. The zero-order chi connectivity index (χ0) is 54.1. The largest absolute Gasteiger partial charge is 0.461 e. The van der Waals surface area contributed by atoms with E-state index in [1.54, 1.807) is 0 Å². The number of hydroxylamine groups is 2. The number of sulfone groups is 2. The molecule has 0 aromatic heterocycles. The van der Waals surface area contributed by atoms with Crippen LogP contribution in [0.15, 0.2) is 107 Å². The molecular formula is C49H57ClF8N4O11S2. The Bertz CT molecular complexity index is 2730. The SMILES string of the molecule is CCN1CCC(C(=O)NO)(S(=O)(=O)c2ccc(-c3ccc(OC(F)(F)C(F)F)cc3)cc2)CC1.CCN1CCC(C(=O)NOC2CCCCO2)(S(=O)(=O)c2ccc(-c3ccc(OC(F)(F)C(F)F)cc3)cc2)CC1.Cl. The van der Waals surface area contributed by atoms with Crippen LogP contribution in [0.1, 0.15) is 58.8 Å². The Morgan fingerprint density at radius 1 is 0.627 bits per heavy atom. The van der Waals surface area contributed by atoms with Crippen molar-refractivity contribution in [3.8, 4) is 33.8 Å². The van der Waals surface area contributed by atoms with Gasteiger partial charge in [0.15, 0.2) is 35.5 Å². The average Bonchev–Trinajstić information content (AvgIpc) is 3.40. The highest BCUT2D eigenvalue weighted by atomic mass is 35.5. The number of rotatable bonds is 18. The number of amides is 2. The Balaban J connectivity index is 0.000000277. The molecule has 3 saturated heterocycles. The highest BCUT2D eigenvalue weighted by Gasteiger charge is 2.54. The van der Waals surface area contributed by atoms with Crippen molar-refractivity contribution in [3.63, 3.8) is 0 Å². The van der Waals surface area contributed by atoms with Crippen LogP contribution in [0.25, 0.3) is 22.3 Å². The number of benzene rings is 4. The summed E-state index contributed by atoms with van der Waals surface area (Å²) in [5.74, 6) is -2.62. The molecule has 1 atom stereocenters. The fourth-order valence-corrected chi connectivity index (χ4v) is 12.7. The molecule has 7 rings (SSSR count). The van der Waals surface area contributed by atoms with E-state index in [2.05, 4.69) is 19.9 Å². The fraction of sp³-hybridized carbons (Fsp3) is 0.469. The standard InChI is InChI=1S/C27H32F4N2O6S.C22H24F4N2O5S.ClH/c1-2-33-16-14-26(15-17-33,25(34)32-39-23-5-3-4-18-37-23)40(35,36)22-12-8-20(9-13-22)19-6-10-21(11-7-19)38-27(30,31)24(28)29;1-2-28-13-11-21(12-14-28,20(29)27-30)34(31,32)18-9-5-16(6-10-18)15-3-7-17(8-4-15)33-22(25,26)19(23)24;/h6-13,23-24H,2-5,14-18H2,1H3,(H,32,34);3-10,19,30H,2,11-14H2,1H3,(H,27,29);1H. The van der Waals surface area contributed by atoms with Crippen molar-refractivity contribution in [3.05, 3.63) is 97.1 Å². The van der Waals surface area contributed by atoms with Crippen LogP contribution in [-0.4, -0.2) is 130 Å². The van der Waals surface area contributed by atoms with Crippen molar-refractivity contribution in [1.29, 1.82) is 0 Å². The summed E-state index contributed by atoms with van der Waals surface area (Å²) in [6, 6.07) is 21.3. The lowest BCUT2D eigenvalue weighted by Crippen LogP contribution is -2.58. The molecule has 26 heteroatoms. The van der Waals surface area contributed by atoms with Crippen molar-refractivity contribution in [2.45, 2.75) is 109 Å². The van der Waals surface area contributed by atoms with Crippen molar-refractivity contribution in [2.24, 2.45) is 0 Å². The Kier molecular flexibility index (Phi) is 20.5. The van der Waals surface area contributed by atoms with Crippen molar-refractivity contribution in [2.75, 3.05) is 45.9 Å². The number of halogens is 9. The molecule has 414 valence electrons. The number of hydrogen-bond donors (Lipinski definition) is 3. The van der Waals surface area contributed by atoms with Crippen LogP contribution in [0.3, 0.4) is 0 Å². The van der Waals surface area contributed by atoms with E-state index >= 15 is 0 Å². The van der Waals surface area contributed by atoms with Gasteiger partial charge in [-0.3, -0.25) is 14.8 Å². The number of likely N-dealkylation sites (tertiary alicyclic amines) is 2. The first-order valence-corrected chi connectivity index (χ1v) is 26.5. The first-order valence-electron chi connectivity index (χ1n) is 23.5. The van der Waals surface area contributed by atoms with E-state index in [4.69, 9.17) is 9.57 Å². The van der Waals surface area contributed by atoms with E-state index in [0.717, 1.165) is 43.7 Å². The van der Waals surface area contributed by atoms with Crippen LogP contribution >= 0.6 is 12.4 Å². The van der Waals surface area contributed by atoms with Gasteiger partial charge in [0.25, 0.3) is 11.8 Å². The number of nitrogens with one attached hydrogen (secondary N) is 2. The van der Waals surface area contributed by atoms with Crippen molar-refractivity contribution in [1.82, 2.24) is 20.8 Å². The molecule has 15 nitrogen and oxygen atoms in total. The van der Waals surface area contributed by atoms with Crippen LogP contribution in [0.4, 0.5) is 35.1 Å². The number of carbonyl (C=O) groups excluding carboxylic acids is 2. The minimum absolute atomic E-state index is 0. The van der Waals surface area contributed by atoms with Gasteiger partial charge < -0.3 is 24.0 Å². The third-order valence-electron chi connectivity index (χ3n) is 13.3. The molecule has 3 heterocycles. The van der Waals surface area contributed by atoms with Gasteiger partial charge in [0.05, 0.1) is 9.79 Å². The van der Waals surface area contributed by atoms with E-state index in [0.29, 0.717) is 68.0 Å². The van der Waals surface area contributed by atoms with E-state index in [1.807, 2.05) is 18.7 Å². The maximum Gasteiger partial charge on any atom is 0.461 e. The minimum atomic E-state index is -4.62. The molecule has 1 unspecified atom stereocenters. The summed E-state index contributed by atoms with van der Waals surface area (Å²) in [4.78, 5) is 35.3. The topological polar surface area (TPSA) is 190 Å². The van der Waals surface area contributed by atoms with Gasteiger partial charge >= 0.3 is 25.1 Å². The number of carbonyl (C=O) groups is 2. The van der Waals surface area contributed by atoms with Gasteiger partial charge in [-0.2, -0.15) is 35.1 Å². The van der Waals surface area contributed by atoms with Gasteiger partial charge in [-0.25, -0.2) is 32.6 Å². The smallest absolute Gasteiger partial charge is 0.428 e. The van der Waals surface area contributed by atoms with Gasteiger partial charge in [-0.15, -0.1) is 12.4 Å². The Labute approximate surface area is 435 Å². The molecule has 3 aliphatic rings. The highest BCUT2D eigenvalue weighted by molar-refractivity contribution is 7.94. The maximum atomic E-state index is 14.0. The predicted molar refractivity (Wildman–Crippen MR) is 259 cm³/mol. The summed E-state index contributed by atoms with van der Waals surface area (Å²) >= 11 is 0.